The van der Waals surface area contributed by atoms with Crippen LogP contribution >= 0.6 is 0 Å². The largest absolute Gasteiger partial charge is 0.497 e. The summed E-state index contributed by atoms with van der Waals surface area (Å²) >= 11 is 0. The average molecular weight is 462 g/mol. The van der Waals surface area contributed by atoms with Crippen molar-refractivity contribution in [1.29, 1.82) is 0 Å². The number of nitrogens with one attached hydrogen (secondary N) is 2. The Morgan fingerprint density at radius 1 is 1.16 bits per heavy atom. The van der Waals surface area contributed by atoms with Crippen LogP contribution in [-0.4, -0.2) is 59.7 Å². The molecule has 2 aromatic rings. The van der Waals surface area contributed by atoms with Gasteiger partial charge < -0.3 is 19.7 Å². The predicted molar refractivity (Wildman–Crippen MR) is 119 cm³/mol. The molecule has 0 aromatic heterocycles. The number of amides is 2. The van der Waals surface area contributed by atoms with Crippen LogP contribution in [0.3, 0.4) is 0 Å². The molecule has 10 heteroatoms. The van der Waals surface area contributed by atoms with Crippen LogP contribution in [0.1, 0.15) is 12.8 Å². The lowest BCUT2D eigenvalue weighted by Crippen LogP contribution is -2.46. The van der Waals surface area contributed by atoms with E-state index in [0.717, 1.165) is 12.8 Å². The van der Waals surface area contributed by atoms with Crippen LogP contribution in [-0.2, 0) is 24.3 Å². The zero-order valence-corrected chi connectivity index (χ0v) is 18.6. The number of methoxy groups -OCH3 is 1. The highest BCUT2D eigenvalue weighted by Gasteiger charge is 2.23. The minimum Gasteiger partial charge on any atom is -0.497 e. The number of hydrogen-bond acceptors (Lipinski definition) is 6. The van der Waals surface area contributed by atoms with Crippen molar-refractivity contribution in [2.45, 2.75) is 23.8 Å². The minimum atomic E-state index is -3.87. The zero-order chi connectivity index (χ0) is 23.0. The third-order valence-corrected chi connectivity index (χ3v) is 6.40. The van der Waals surface area contributed by atoms with E-state index in [1.54, 1.807) is 42.5 Å². The van der Waals surface area contributed by atoms with Crippen molar-refractivity contribution in [2.75, 3.05) is 38.3 Å². The Hall–Kier alpha value is -2.95. The second kappa shape index (κ2) is 11.1. The standard InChI is InChI=1S/C22H27N3O6S/c1-30-18-8-5-7-17(13-18)25(16-21(26)23-14-19-9-6-12-31-19)22(27)15-24-32(28,29)20-10-3-2-4-11-20/h2-5,7-8,10-11,13,19,24H,6,9,12,14-16H2,1H3,(H,23,26)/t19-/m0/s1. The SMILES string of the molecule is COc1cccc(N(CC(=O)NC[C@@H]2CCCO2)C(=O)CNS(=O)(=O)c2ccccc2)c1. The second-order valence-corrected chi connectivity index (χ2v) is 9.03. The lowest BCUT2D eigenvalue weighted by Gasteiger charge is -2.23. The Kier molecular flexibility index (Phi) is 8.20. The van der Waals surface area contributed by atoms with Crippen molar-refractivity contribution in [3.05, 3.63) is 54.6 Å². The van der Waals surface area contributed by atoms with Crippen LogP contribution in [0.4, 0.5) is 5.69 Å². The van der Waals surface area contributed by atoms with Crippen LogP contribution in [0.5, 0.6) is 5.75 Å². The highest BCUT2D eigenvalue weighted by molar-refractivity contribution is 7.89. The maximum Gasteiger partial charge on any atom is 0.242 e. The van der Waals surface area contributed by atoms with Gasteiger partial charge in [-0.2, -0.15) is 0 Å². The molecule has 0 radical (unpaired) electrons. The van der Waals surface area contributed by atoms with Gasteiger partial charge in [0, 0.05) is 24.9 Å². The van der Waals surface area contributed by atoms with E-state index in [0.29, 0.717) is 24.6 Å². The van der Waals surface area contributed by atoms with E-state index in [9.17, 15) is 18.0 Å². The number of rotatable bonds is 10. The number of anilines is 1. The molecule has 0 spiro atoms. The second-order valence-electron chi connectivity index (χ2n) is 7.26. The molecule has 172 valence electrons. The average Bonchev–Trinajstić information content (AvgIpc) is 3.34. The van der Waals surface area contributed by atoms with Gasteiger partial charge in [0.2, 0.25) is 21.8 Å². The highest BCUT2D eigenvalue weighted by atomic mass is 32.2. The summed E-state index contributed by atoms with van der Waals surface area (Å²) in [5.41, 5.74) is 0.417. The molecule has 1 heterocycles. The van der Waals surface area contributed by atoms with Gasteiger partial charge in [0.25, 0.3) is 0 Å². The fraction of sp³-hybridized carbons (Fsp3) is 0.364. The first-order chi connectivity index (χ1) is 15.4. The topological polar surface area (TPSA) is 114 Å². The number of hydrogen-bond donors (Lipinski definition) is 2. The predicted octanol–water partition coefficient (Wildman–Crippen LogP) is 1.30. The van der Waals surface area contributed by atoms with Crippen molar-refractivity contribution in [3.8, 4) is 5.75 Å². The van der Waals surface area contributed by atoms with Gasteiger partial charge in [-0.1, -0.05) is 24.3 Å². The number of carbonyl (C=O) groups excluding carboxylic acids is 2. The van der Waals surface area contributed by atoms with Gasteiger partial charge in [0.15, 0.2) is 0 Å². The van der Waals surface area contributed by atoms with Gasteiger partial charge in [0.1, 0.15) is 12.3 Å². The van der Waals surface area contributed by atoms with Gasteiger partial charge in [-0.05, 0) is 37.1 Å². The minimum absolute atomic E-state index is 0.0300. The molecular formula is C22H27N3O6S. The van der Waals surface area contributed by atoms with Crippen LogP contribution in [0.15, 0.2) is 59.5 Å². The maximum absolute atomic E-state index is 13.0. The molecule has 0 unspecified atom stereocenters. The quantitative estimate of drug-likeness (QED) is 0.551. The molecule has 2 aromatic carbocycles. The molecule has 2 N–H and O–H groups in total. The third kappa shape index (κ3) is 6.52. The number of sulfonamides is 1. The first-order valence-electron chi connectivity index (χ1n) is 10.3. The first-order valence-corrected chi connectivity index (χ1v) is 11.7. The van der Waals surface area contributed by atoms with Crippen molar-refractivity contribution in [3.63, 3.8) is 0 Å². The number of benzene rings is 2. The molecule has 1 atom stereocenters. The van der Waals surface area contributed by atoms with E-state index in [-0.39, 0.29) is 23.5 Å². The molecule has 0 aliphatic carbocycles. The third-order valence-electron chi connectivity index (χ3n) is 4.99. The molecule has 9 nitrogen and oxygen atoms in total. The molecule has 2 amide bonds. The fourth-order valence-corrected chi connectivity index (χ4v) is 4.27. The van der Waals surface area contributed by atoms with Gasteiger partial charge in [-0.15, -0.1) is 0 Å². The van der Waals surface area contributed by atoms with E-state index in [1.807, 2.05) is 0 Å². The Bertz CT molecular complexity index is 1020. The molecule has 3 rings (SSSR count). The summed E-state index contributed by atoms with van der Waals surface area (Å²) in [6.07, 6.45) is 1.80. The van der Waals surface area contributed by atoms with Crippen LogP contribution in [0, 0.1) is 0 Å². The van der Waals surface area contributed by atoms with E-state index in [2.05, 4.69) is 10.0 Å². The number of nitrogens with zero attached hydrogens (tertiary/aromatic N) is 1. The Morgan fingerprint density at radius 3 is 2.62 bits per heavy atom. The van der Waals surface area contributed by atoms with Gasteiger partial charge in [-0.25, -0.2) is 13.1 Å². The number of ether oxygens (including phenoxy) is 2. The molecule has 0 saturated carbocycles. The normalized spacial score (nSPS) is 15.8. The Morgan fingerprint density at radius 2 is 1.94 bits per heavy atom. The van der Waals surface area contributed by atoms with E-state index in [1.165, 1.54) is 24.1 Å². The van der Waals surface area contributed by atoms with E-state index in [4.69, 9.17) is 9.47 Å². The molecule has 1 aliphatic rings. The summed E-state index contributed by atoms with van der Waals surface area (Å²) in [5.74, 6) is -0.447. The first kappa shape index (κ1) is 23.7. The Labute approximate surface area is 187 Å². The highest BCUT2D eigenvalue weighted by Crippen LogP contribution is 2.21. The zero-order valence-electron chi connectivity index (χ0n) is 17.8. The fourth-order valence-electron chi connectivity index (χ4n) is 3.27. The summed E-state index contributed by atoms with van der Waals surface area (Å²) < 4.78 is 38.0. The van der Waals surface area contributed by atoms with E-state index >= 15 is 0 Å². The molecule has 1 fully saturated rings. The summed E-state index contributed by atoms with van der Waals surface area (Å²) in [5, 5.41) is 2.78. The van der Waals surface area contributed by atoms with E-state index < -0.39 is 22.5 Å². The van der Waals surface area contributed by atoms with Gasteiger partial charge in [0.05, 0.1) is 24.7 Å². The molecule has 1 aliphatic heterocycles. The van der Waals surface area contributed by atoms with Crippen molar-refractivity contribution < 1.29 is 27.5 Å². The Balaban J connectivity index is 1.70. The molecular weight excluding hydrogens is 434 g/mol. The van der Waals surface area contributed by atoms with Crippen molar-refractivity contribution in [1.82, 2.24) is 10.0 Å². The smallest absolute Gasteiger partial charge is 0.242 e. The van der Waals surface area contributed by atoms with Crippen molar-refractivity contribution in [2.24, 2.45) is 0 Å². The monoisotopic (exact) mass is 461 g/mol. The molecule has 1 saturated heterocycles. The summed E-state index contributed by atoms with van der Waals surface area (Å²) in [6, 6.07) is 14.4. The maximum atomic E-state index is 13.0. The summed E-state index contributed by atoms with van der Waals surface area (Å²) in [7, 11) is -2.38. The number of carbonyl (C=O) groups is 2. The van der Waals surface area contributed by atoms with Crippen LogP contribution in [0.25, 0.3) is 0 Å². The van der Waals surface area contributed by atoms with Crippen LogP contribution < -0.4 is 19.7 Å². The van der Waals surface area contributed by atoms with Crippen LogP contribution in [0.2, 0.25) is 0 Å². The summed E-state index contributed by atoms with van der Waals surface area (Å²) in [4.78, 5) is 26.8. The summed E-state index contributed by atoms with van der Waals surface area (Å²) in [6.45, 7) is 0.259. The lowest BCUT2D eigenvalue weighted by molar-refractivity contribution is -0.123. The lowest BCUT2D eigenvalue weighted by atomic mass is 10.2. The van der Waals surface area contributed by atoms with Gasteiger partial charge in [-0.3, -0.25) is 9.59 Å². The molecule has 32 heavy (non-hydrogen) atoms. The van der Waals surface area contributed by atoms with Gasteiger partial charge >= 0.3 is 0 Å². The van der Waals surface area contributed by atoms with Crippen molar-refractivity contribution >= 4 is 27.5 Å². The molecule has 0 bridgehead atoms.